The van der Waals surface area contributed by atoms with Crippen molar-refractivity contribution in [1.82, 2.24) is 24.6 Å². The Bertz CT molecular complexity index is 612. The maximum Gasteiger partial charge on any atom is 0.218 e. The standard InChI is InChI=1S/C15H22N6O2/c1-2-23-15-11-14(16-12-17-15)18-13-3-4-21(19-13)6-5-20-7-9-22-10-8-20/h3-4,11-12H,2,5-10H2,1H3,(H,16,17,18,19). The van der Waals surface area contributed by atoms with Gasteiger partial charge in [-0.2, -0.15) is 5.10 Å². The van der Waals surface area contributed by atoms with Crippen molar-refractivity contribution in [3.05, 3.63) is 24.7 Å². The van der Waals surface area contributed by atoms with Gasteiger partial charge in [0.05, 0.1) is 26.4 Å². The molecule has 0 radical (unpaired) electrons. The van der Waals surface area contributed by atoms with Gasteiger partial charge in [-0.3, -0.25) is 9.58 Å². The number of nitrogens with zero attached hydrogens (tertiary/aromatic N) is 5. The molecule has 1 aliphatic rings. The topological polar surface area (TPSA) is 77.3 Å². The van der Waals surface area contributed by atoms with Gasteiger partial charge in [0.2, 0.25) is 5.88 Å². The Labute approximate surface area is 135 Å². The quantitative estimate of drug-likeness (QED) is 0.820. The molecular weight excluding hydrogens is 296 g/mol. The maximum absolute atomic E-state index is 5.36. The number of anilines is 2. The first-order valence-corrected chi connectivity index (χ1v) is 7.89. The highest BCUT2D eigenvalue weighted by Crippen LogP contribution is 2.15. The van der Waals surface area contributed by atoms with Gasteiger partial charge in [0, 0.05) is 38.0 Å². The van der Waals surface area contributed by atoms with Gasteiger partial charge in [0.15, 0.2) is 5.82 Å². The zero-order valence-electron chi connectivity index (χ0n) is 13.3. The molecule has 8 nitrogen and oxygen atoms in total. The summed E-state index contributed by atoms with van der Waals surface area (Å²) in [7, 11) is 0. The third-order valence-electron chi connectivity index (χ3n) is 3.58. The molecule has 1 saturated heterocycles. The Kier molecular flexibility index (Phi) is 5.38. The van der Waals surface area contributed by atoms with Crippen molar-refractivity contribution in [2.24, 2.45) is 0 Å². The van der Waals surface area contributed by atoms with Crippen molar-refractivity contribution in [3.8, 4) is 5.88 Å². The predicted octanol–water partition coefficient (Wildman–Crippen LogP) is 1.15. The zero-order chi connectivity index (χ0) is 15.9. The number of hydrogen-bond acceptors (Lipinski definition) is 7. The van der Waals surface area contributed by atoms with Crippen molar-refractivity contribution in [2.45, 2.75) is 13.5 Å². The summed E-state index contributed by atoms with van der Waals surface area (Å²) in [4.78, 5) is 10.6. The molecular formula is C15H22N6O2. The third kappa shape index (κ3) is 4.64. The lowest BCUT2D eigenvalue weighted by Gasteiger charge is -2.26. The Balaban J connectivity index is 1.53. The van der Waals surface area contributed by atoms with E-state index in [1.165, 1.54) is 6.33 Å². The highest BCUT2D eigenvalue weighted by molar-refractivity contribution is 5.51. The van der Waals surface area contributed by atoms with E-state index in [1.807, 2.05) is 23.9 Å². The summed E-state index contributed by atoms with van der Waals surface area (Å²) in [6.07, 6.45) is 3.44. The summed E-state index contributed by atoms with van der Waals surface area (Å²) in [5.74, 6) is 1.98. The smallest absolute Gasteiger partial charge is 0.218 e. The van der Waals surface area contributed by atoms with Crippen LogP contribution < -0.4 is 10.1 Å². The van der Waals surface area contributed by atoms with E-state index in [-0.39, 0.29) is 0 Å². The number of morpholine rings is 1. The second kappa shape index (κ2) is 7.89. The molecule has 0 bridgehead atoms. The summed E-state index contributed by atoms with van der Waals surface area (Å²) in [6, 6.07) is 3.69. The molecule has 0 spiro atoms. The normalized spacial score (nSPS) is 15.5. The lowest BCUT2D eigenvalue weighted by molar-refractivity contribution is 0.0360. The average molecular weight is 318 g/mol. The van der Waals surface area contributed by atoms with E-state index in [9.17, 15) is 0 Å². The van der Waals surface area contributed by atoms with Gasteiger partial charge in [0.25, 0.3) is 0 Å². The van der Waals surface area contributed by atoms with Gasteiger partial charge in [-0.15, -0.1) is 0 Å². The van der Waals surface area contributed by atoms with Crippen molar-refractivity contribution in [2.75, 3.05) is 44.8 Å². The van der Waals surface area contributed by atoms with Crippen LogP contribution in [0.2, 0.25) is 0 Å². The summed E-state index contributed by atoms with van der Waals surface area (Å²) in [6.45, 7) is 7.96. The summed E-state index contributed by atoms with van der Waals surface area (Å²) in [5, 5.41) is 7.68. The molecule has 0 amide bonds. The average Bonchev–Trinajstić information content (AvgIpc) is 3.02. The van der Waals surface area contributed by atoms with E-state index >= 15 is 0 Å². The summed E-state index contributed by atoms with van der Waals surface area (Å²) < 4.78 is 12.6. The van der Waals surface area contributed by atoms with Crippen LogP contribution in [0.5, 0.6) is 5.88 Å². The minimum atomic E-state index is 0.553. The van der Waals surface area contributed by atoms with Crippen LogP contribution >= 0.6 is 0 Å². The number of nitrogens with one attached hydrogen (secondary N) is 1. The molecule has 0 aliphatic carbocycles. The number of hydrogen-bond donors (Lipinski definition) is 1. The van der Waals surface area contributed by atoms with Gasteiger partial charge >= 0.3 is 0 Å². The minimum Gasteiger partial charge on any atom is -0.478 e. The predicted molar refractivity (Wildman–Crippen MR) is 86.0 cm³/mol. The van der Waals surface area contributed by atoms with E-state index < -0.39 is 0 Å². The SMILES string of the molecule is CCOc1cc(Nc2ccn(CCN3CCOCC3)n2)ncn1. The van der Waals surface area contributed by atoms with E-state index in [2.05, 4.69) is 25.3 Å². The molecule has 23 heavy (non-hydrogen) atoms. The molecule has 2 aromatic rings. The molecule has 2 aromatic heterocycles. The lowest BCUT2D eigenvalue weighted by atomic mass is 10.4. The zero-order valence-corrected chi connectivity index (χ0v) is 13.3. The van der Waals surface area contributed by atoms with Crippen LogP contribution in [0.3, 0.4) is 0 Å². The van der Waals surface area contributed by atoms with Crippen LogP contribution in [0.15, 0.2) is 24.7 Å². The molecule has 3 heterocycles. The van der Waals surface area contributed by atoms with Gasteiger partial charge in [-0.1, -0.05) is 0 Å². The van der Waals surface area contributed by atoms with Crippen molar-refractivity contribution < 1.29 is 9.47 Å². The van der Waals surface area contributed by atoms with E-state index in [0.29, 0.717) is 18.3 Å². The molecule has 0 saturated carbocycles. The third-order valence-corrected chi connectivity index (χ3v) is 3.58. The van der Waals surface area contributed by atoms with Crippen LogP contribution in [-0.2, 0) is 11.3 Å². The fourth-order valence-corrected chi connectivity index (χ4v) is 2.39. The fraction of sp³-hybridized carbons (Fsp3) is 0.533. The van der Waals surface area contributed by atoms with Gasteiger partial charge < -0.3 is 14.8 Å². The van der Waals surface area contributed by atoms with Crippen LogP contribution in [0.25, 0.3) is 0 Å². The van der Waals surface area contributed by atoms with Crippen molar-refractivity contribution in [1.29, 1.82) is 0 Å². The molecule has 1 aliphatic heterocycles. The molecule has 8 heteroatoms. The number of rotatable bonds is 7. The van der Waals surface area contributed by atoms with Gasteiger partial charge in [0.1, 0.15) is 12.1 Å². The Morgan fingerprint density at radius 1 is 1.22 bits per heavy atom. The monoisotopic (exact) mass is 318 g/mol. The molecule has 124 valence electrons. The second-order valence-corrected chi connectivity index (χ2v) is 5.22. The first-order chi connectivity index (χ1) is 11.3. The first kappa shape index (κ1) is 15.7. The second-order valence-electron chi connectivity index (χ2n) is 5.22. The Hall–Kier alpha value is -2.19. The van der Waals surface area contributed by atoms with Crippen molar-refractivity contribution in [3.63, 3.8) is 0 Å². The van der Waals surface area contributed by atoms with Crippen LogP contribution in [-0.4, -0.2) is 64.1 Å². The molecule has 3 rings (SSSR count). The molecule has 0 atom stereocenters. The van der Waals surface area contributed by atoms with Gasteiger partial charge in [-0.25, -0.2) is 9.97 Å². The first-order valence-electron chi connectivity index (χ1n) is 7.89. The van der Waals surface area contributed by atoms with E-state index in [4.69, 9.17) is 9.47 Å². The Morgan fingerprint density at radius 2 is 2.09 bits per heavy atom. The van der Waals surface area contributed by atoms with E-state index in [0.717, 1.165) is 45.2 Å². The summed E-state index contributed by atoms with van der Waals surface area (Å²) in [5.41, 5.74) is 0. The minimum absolute atomic E-state index is 0.553. The molecule has 0 aromatic carbocycles. The molecule has 1 N–H and O–H groups in total. The van der Waals surface area contributed by atoms with Crippen LogP contribution in [0.4, 0.5) is 11.6 Å². The summed E-state index contributed by atoms with van der Waals surface area (Å²) >= 11 is 0. The van der Waals surface area contributed by atoms with E-state index in [1.54, 1.807) is 6.07 Å². The van der Waals surface area contributed by atoms with Gasteiger partial charge in [-0.05, 0) is 6.92 Å². The highest BCUT2D eigenvalue weighted by Gasteiger charge is 2.10. The Morgan fingerprint density at radius 3 is 2.91 bits per heavy atom. The largest absolute Gasteiger partial charge is 0.478 e. The van der Waals surface area contributed by atoms with Crippen LogP contribution in [0.1, 0.15) is 6.92 Å². The number of aromatic nitrogens is 4. The maximum atomic E-state index is 5.36. The molecule has 0 unspecified atom stereocenters. The lowest BCUT2D eigenvalue weighted by Crippen LogP contribution is -2.38. The van der Waals surface area contributed by atoms with Crippen LogP contribution in [0, 0.1) is 0 Å². The highest BCUT2D eigenvalue weighted by atomic mass is 16.5. The molecule has 1 fully saturated rings. The fourth-order valence-electron chi connectivity index (χ4n) is 2.39. The number of ether oxygens (including phenoxy) is 2. The van der Waals surface area contributed by atoms with Crippen molar-refractivity contribution >= 4 is 11.6 Å².